The largest absolute Gasteiger partial charge is 0.462 e. The van der Waals surface area contributed by atoms with Crippen molar-refractivity contribution in [3.63, 3.8) is 0 Å². The molecule has 6 heteroatoms. The Morgan fingerprint density at radius 3 is 2.40 bits per heavy atom. The molecule has 5 rings (SSSR count). The van der Waals surface area contributed by atoms with E-state index in [0.717, 1.165) is 24.0 Å². The van der Waals surface area contributed by atoms with E-state index >= 15 is 0 Å². The number of cyclic esters (lactones) is 1. The van der Waals surface area contributed by atoms with Crippen molar-refractivity contribution in [3.8, 4) is 0 Å². The third kappa shape index (κ3) is 4.01. The summed E-state index contributed by atoms with van der Waals surface area (Å²) < 4.78 is 17.6. The minimum atomic E-state index is -0.171. The highest BCUT2D eigenvalue weighted by Crippen LogP contribution is 2.43. The van der Waals surface area contributed by atoms with Crippen LogP contribution in [-0.4, -0.2) is 48.5 Å². The van der Waals surface area contributed by atoms with Crippen molar-refractivity contribution in [2.75, 3.05) is 13.2 Å². The van der Waals surface area contributed by atoms with Gasteiger partial charge < -0.3 is 14.2 Å². The molecule has 6 nitrogen and oxygen atoms in total. The lowest BCUT2D eigenvalue weighted by Gasteiger charge is -2.31. The molecule has 3 saturated heterocycles. The van der Waals surface area contributed by atoms with E-state index in [1.807, 2.05) is 41.5 Å². The van der Waals surface area contributed by atoms with E-state index in [9.17, 15) is 4.79 Å². The fourth-order valence-corrected chi connectivity index (χ4v) is 4.77. The van der Waals surface area contributed by atoms with Crippen molar-refractivity contribution in [1.29, 1.82) is 0 Å². The molecule has 30 heavy (non-hydrogen) atoms. The van der Waals surface area contributed by atoms with Crippen molar-refractivity contribution in [3.05, 3.63) is 71.8 Å². The van der Waals surface area contributed by atoms with Gasteiger partial charge in [0.1, 0.15) is 18.6 Å². The van der Waals surface area contributed by atoms with E-state index in [1.54, 1.807) is 0 Å². The molecule has 0 aliphatic carbocycles. The van der Waals surface area contributed by atoms with Gasteiger partial charge in [-0.3, -0.25) is 9.63 Å². The summed E-state index contributed by atoms with van der Waals surface area (Å²) in [5.41, 5.74) is 2.27. The average molecular weight is 409 g/mol. The summed E-state index contributed by atoms with van der Waals surface area (Å²) in [6.07, 6.45) is 1.51. The molecule has 0 aromatic heterocycles. The fourth-order valence-electron chi connectivity index (χ4n) is 4.77. The van der Waals surface area contributed by atoms with Crippen LogP contribution in [0, 0.1) is 5.92 Å². The second-order valence-electron chi connectivity index (χ2n) is 8.21. The van der Waals surface area contributed by atoms with Gasteiger partial charge in [-0.15, -0.1) is 0 Å². The first-order valence-corrected chi connectivity index (χ1v) is 10.7. The van der Waals surface area contributed by atoms with Crippen molar-refractivity contribution in [2.24, 2.45) is 5.92 Å². The fraction of sp³-hybridized carbons (Fsp3) is 0.458. The molecule has 3 aliphatic rings. The van der Waals surface area contributed by atoms with E-state index in [0.29, 0.717) is 26.4 Å². The minimum absolute atomic E-state index is 0.0629. The van der Waals surface area contributed by atoms with Gasteiger partial charge in [0.2, 0.25) is 0 Å². The predicted octanol–water partition coefficient (Wildman–Crippen LogP) is 3.11. The number of rotatable bonds is 8. The van der Waals surface area contributed by atoms with Crippen LogP contribution in [0.4, 0.5) is 0 Å². The average Bonchev–Trinajstić information content (AvgIpc) is 3.45. The normalized spacial score (nSPS) is 28.9. The van der Waals surface area contributed by atoms with Gasteiger partial charge in [-0.05, 0) is 24.0 Å². The van der Waals surface area contributed by atoms with Gasteiger partial charge in [0.05, 0.1) is 38.0 Å². The SMILES string of the molecule is O=C1OC[C@@H]2ON3[C@@H](CC[C@H]3[C@@H](COCc3ccccc3)OCc3ccccc3)[C@H]12. The Morgan fingerprint density at radius 2 is 1.67 bits per heavy atom. The number of hydrogen-bond acceptors (Lipinski definition) is 6. The van der Waals surface area contributed by atoms with Gasteiger partial charge in [0.15, 0.2) is 0 Å². The van der Waals surface area contributed by atoms with Gasteiger partial charge in [-0.1, -0.05) is 60.7 Å². The van der Waals surface area contributed by atoms with E-state index in [2.05, 4.69) is 24.3 Å². The van der Waals surface area contributed by atoms with Crippen LogP contribution in [0.2, 0.25) is 0 Å². The van der Waals surface area contributed by atoms with Crippen molar-refractivity contribution < 1.29 is 23.8 Å². The lowest BCUT2D eigenvalue weighted by molar-refractivity contribution is -0.209. The molecular formula is C24H27NO5. The highest BCUT2D eigenvalue weighted by Gasteiger charge is 2.57. The smallest absolute Gasteiger partial charge is 0.313 e. The van der Waals surface area contributed by atoms with Crippen molar-refractivity contribution in [1.82, 2.24) is 5.06 Å². The molecule has 0 radical (unpaired) electrons. The summed E-state index contributed by atoms with van der Waals surface area (Å²) in [6.45, 7) is 1.88. The van der Waals surface area contributed by atoms with E-state index < -0.39 is 0 Å². The molecule has 3 aliphatic heterocycles. The maximum absolute atomic E-state index is 12.1. The molecular weight excluding hydrogens is 382 g/mol. The number of hydrogen-bond donors (Lipinski definition) is 0. The van der Waals surface area contributed by atoms with Gasteiger partial charge in [0.25, 0.3) is 0 Å². The zero-order valence-electron chi connectivity index (χ0n) is 16.9. The number of esters is 1. The second kappa shape index (κ2) is 8.86. The summed E-state index contributed by atoms with van der Waals surface area (Å²) in [6, 6.07) is 20.4. The molecule has 0 saturated carbocycles. The molecule has 2 aromatic carbocycles. The number of carbonyl (C=O) groups excluding carboxylic acids is 1. The quantitative estimate of drug-likeness (QED) is 0.625. The van der Waals surface area contributed by atoms with Crippen LogP contribution in [0.15, 0.2) is 60.7 Å². The lowest BCUT2D eigenvalue weighted by Crippen LogP contribution is -2.44. The zero-order valence-corrected chi connectivity index (χ0v) is 16.9. The summed E-state index contributed by atoms with van der Waals surface area (Å²) in [5.74, 6) is -0.301. The van der Waals surface area contributed by atoms with Crippen LogP contribution >= 0.6 is 0 Å². The number of fused-ring (bicyclic) bond motifs is 3. The van der Waals surface area contributed by atoms with Crippen LogP contribution in [-0.2, 0) is 37.1 Å². The van der Waals surface area contributed by atoms with E-state index in [4.69, 9.17) is 19.0 Å². The van der Waals surface area contributed by atoms with E-state index in [1.165, 1.54) is 0 Å². The number of ether oxygens (including phenoxy) is 3. The minimum Gasteiger partial charge on any atom is -0.462 e. The summed E-state index contributed by atoms with van der Waals surface area (Å²) in [5, 5.41) is 2.01. The Kier molecular flexibility index (Phi) is 5.82. The highest BCUT2D eigenvalue weighted by atomic mass is 16.7. The van der Waals surface area contributed by atoms with Crippen LogP contribution in [0.5, 0.6) is 0 Å². The van der Waals surface area contributed by atoms with Gasteiger partial charge in [-0.2, -0.15) is 5.06 Å². The zero-order chi connectivity index (χ0) is 20.3. The molecule has 3 heterocycles. The van der Waals surface area contributed by atoms with Crippen LogP contribution in [0.3, 0.4) is 0 Å². The number of benzene rings is 2. The standard InChI is InChI=1S/C24H27NO5/c26-24-23-20-12-11-19(25(20)30-22(23)16-29-24)21(28-14-18-9-5-2-6-10-18)15-27-13-17-7-3-1-4-8-17/h1-10,19-23H,11-16H2/t19-,20-,21+,22-,23-/m0/s1. The molecule has 0 unspecified atom stereocenters. The predicted molar refractivity (Wildman–Crippen MR) is 109 cm³/mol. The first kappa shape index (κ1) is 19.7. The van der Waals surface area contributed by atoms with Crippen LogP contribution in [0.1, 0.15) is 24.0 Å². The number of hydroxylamine groups is 2. The third-order valence-corrected chi connectivity index (χ3v) is 6.28. The molecule has 3 fully saturated rings. The van der Waals surface area contributed by atoms with E-state index in [-0.39, 0.29) is 36.2 Å². The molecule has 0 spiro atoms. The molecule has 0 bridgehead atoms. The number of nitrogens with zero attached hydrogens (tertiary/aromatic N) is 1. The van der Waals surface area contributed by atoms with Crippen LogP contribution in [0.25, 0.3) is 0 Å². The Hall–Kier alpha value is -2.25. The summed E-state index contributed by atoms with van der Waals surface area (Å²) in [7, 11) is 0. The third-order valence-electron chi connectivity index (χ3n) is 6.28. The Labute approximate surface area is 176 Å². The first-order valence-electron chi connectivity index (χ1n) is 10.7. The summed E-state index contributed by atoms with van der Waals surface area (Å²) >= 11 is 0. The Morgan fingerprint density at radius 1 is 0.967 bits per heavy atom. The van der Waals surface area contributed by atoms with Gasteiger partial charge in [-0.25, -0.2) is 0 Å². The lowest BCUT2D eigenvalue weighted by atomic mass is 9.96. The van der Waals surface area contributed by atoms with Crippen LogP contribution < -0.4 is 0 Å². The molecule has 158 valence electrons. The van der Waals surface area contributed by atoms with Gasteiger partial charge in [0, 0.05) is 0 Å². The second-order valence-corrected chi connectivity index (χ2v) is 8.21. The maximum Gasteiger partial charge on any atom is 0.313 e. The highest BCUT2D eigenvalue weighted by molar-refractivity contribution is 5.76. The Bertz CT molecular complexity index is 845. The summed E-state index contributed by atoms with van der Waals surface area (Å²) in [4.78, 5) is 18.3. The molecule has 5 atom stereocenters. The topological polar surface area (TPSA) is 57.2 Å². The molecule has 0 amide bonds. The first-order chi connectivity index (χ1) is 14.8. The maximum atomic E-state index is 12.1. The number of carbonyl (C=O) groups is 1. The monoisotopic (exact) mass is 409 g/mol. The van der Waals surface area contributed by atoms with Crippen molar-refractivity contribution >= 4 is 5.97 Å². The molecule has 2 aromatic rings. The van der Waals surface area contributed by atoms with Crippen molar-refractivity contribution in [2.45, 2.75) is 50.3 Å². The van der Waals surface area contributed by atoms with Gasteiger partial charge >= 0.3 is 5.97 Å². The Balaban J connectivity index is 1.26. The molecule has 0 N–H and O–H groups in total.